The van der Waals surface area contributed by atoms with Gasteiger partial charge in [-0.2, -0.15) is 0 Å². The highest BCUT2D eigenvalue weighted by atomic mass is 79.9. The van der Waals surface area contributed by atoms with Crippen LogP contribution in [-0.4, -0.2) is 18.0 Å². The van der Waals surface area contributed by atoms with Gasteiger partial charge in [0.1, 0.15) is 5.82 Å². The summed E-state index contributed by atoms with van der Waals surface area (Å²) in [6, 6.07) is 5.18. The van der Waals surface area contributed by atoms with E-state index in [0.717, 1.165) is 18.4 Å². The third kappa shape index (κ3) is 2.51. The normalized spacial score (nSPS) is 28.6. The molecule has 0 aromatic heterocycles. The third-order valence-electron chi connectivity index (χ3n) is 3.67. The van der Waals surface area contributed by atoms with Crippen LogP contribution >= 0.6 is 27.5 Å². The van der Waals surface area contributed by atoms with Crippen molar-refractivity contribution in [2.24, 2.45) is 5.41 Å². The molecule has 94 valence electrons. The molecular weight excluding hydrogens is 306 g/mol. The molecule has 0 radical (unpaired) electrons. The van der Waals surface area contributed by atoms with E-state index < -0.39 is 0 Å². The van der Waals surface area contributed by atoms with E-state index >= 15 is 0 Å². The molecule has 0 bridgehead atoms. The molecule has 0 saturated carbocycles. The molecule has 0 N–H and O–H groups in total. The van der Waals surface area contributed by atoms with Crippen molar-refractivity contribution >= 4 is 27.5 Å². The number of alkyl halides is 1. The third-order valence-corrected chi connectivity index (χ3v) is 5.08. The number of halogens is 3. The summed E-state index contributed by atoms with van der Waals surface area (Å²) in [4.78, 5) is 0. The Morgan fingerprint density at radius 3 is 2.94 bits per heavy atom. The number of hydrogen-bond donors (Lipinski definition) is 0. The molecule has 1 nitrogen and oxygen atoms in total. The maximum absolute atomic E-state index is 13.9. The highest BCUT2D eigenvalue weighted by molar-refractivity contribution is 9.09. The lowest BCUT2D eigenvalue weighted by Crippen LogP contribution is -2.33. The summed E-state index contributed by atoms with van der Waals surface area (Å²) in [7, 11) is 0. The summed E-state index contributed by atoms with van der Waals surface area (Å²) in [5.41, 5.74) is 0.653. The Balaban J connectivity index is 2.27. The second-order valence-corrected chi connectivity index (χ2v) is 5.62. The summed E-state index contributed by atoms with van der Waals surface area (Å²) < 4.78 is 19.5. The maximum atomic E-state index is 13.9. The zero-order chi connectivity index (χ0) is 12.5. The summed E-state index contributed by atoms with van der Waals surface area (Å²) >= 11 is 9.35. The Morgan fingerprint density at radius 2 is 2.35 bits per heavy atom. The fraction of sp³-hybridized carbons (Fsp3) is 0.538. The number of ether oxygens (including phenoxy) is 1. The summed E-state index contributed by atoms with van der Waals surface area (Å²) in [5, 5.41) is 1.01. The summed E-state index contributed by atoms with van der Waals surface area (Å²) in [6.45, 7) is 2.80. The van der Waals surface area contributed by atoms with Crippen molar-refractivity contribution in [3.8, 4) is 0 Å². The Bertz CT molecular complexity index is 412. The molecule has 2 atom stereocenters. The first-order valence-electron chi connectivity index (χ1n) is 5.69. The minimum atomic E-state index is -0.298. The van der Waals surface area contributed by atoms with E-state index in [4.69, 9.17) is 16.3 Å². The van der Waals surface area contributed by atoms with Crippen LogP contribution in [0.5, 0.6) is 0 Å². The second-order valence-electron chi connectivity index (χ2n) is 4.65. The molecule has 17 heavy (non-hydrogen) atoms. The lowest BCUT2D eigenvalue weighted by molar-refractivity contribution is 0.0743. The van der Waals surface area contributed by atoms with Crippen LogP contribution in [0.4, 0.5) is 4.39 Å². The van der Waals surface area contributed by atoms with Crippen molar-refractivity contribution in [1.29, 1.82) is 0 Å². The first-order valence-corrected chi connectivity index (χ1v) is 7.19. The van der Waals surface area contributed by atoms with E-state index in [-0.39, 0.29) is 22.4 Å². The Kier molecular flexibility index (Phi) is 4.11. The number of hydrogen-bond acceptors (Lipinski definition) is 1. The Morgan fingerprint density at radius 1 is 1.59 bits per heavy atom. The average molecular weight is 322 g/mol. The van der Waals surface area contributed by atoms with E-state index in [1.54, 1.807) is 18.2 Å². The van der Waals surface area contributed by atoms with Gasteiger partial charge in [-0.3, -0.25) is 0 Å². The zero-order valence-corrected chi connectivity index (χ0v) is 12.0. The fourth-order valence-corrected chi connectivity index (χ4v) is 3.47. The van der Waals surface area contributed by atoms with Crippen molar-refractivity contribution in [2.45, 2.75) is 25.9 Å². The van der Waals surface area contributed by atoms with Crippen LogP contribution in [0.1, 0.15) is 18.9 Å². The maximum Gasteiger partial charge on any atom is 0.144 e. The summed E-state index contributed by atoms with van der Waals surface area (Å²) in [5.74, 6) is -0.298. The van der Waals surface area contributed by atoms with Crippen molar-refractivity contribution < 1.29 is 9.13 Å². The number of rotatable bonds is 3. The molecule has 0 spiro atoms. The van der Waals surface area contributed by atoms with Gasteiger partial charge >= 0.3 is 0 Å². The van der Waals surface area contributed by atoms with E-state index in [1.807, 2.05) is 0 Å². The van der Waals surface area contributed by atoms with Crippen LogP contribution in [0.15, 0.2) is 18.2 Å². The molecule has 1 saturated heterocycles. The van der Waals surface area contributed by atoms with Gasteiger partial charge in [0.15, 0.2) is 0 Å². The number of benzene rings is 1. The van der Waals surface area contributed by atoms with Crippen LogP contribution in [0, 0.1) is 11.2 Å². The van der Waals surface area contributed by atoms with Gasteiger partial charge in [0.2, 0.25) is 0 Å². The van der Waals surface area contributed by atoms with E-state index in [9.17, 15) is 4.39 Å². The van der Waals surface area contributed by atoms with Crippen LogP contribution in [0.3, 0.4) is 0 Å². The predicted molar refractivity (Wildman–Crippen MR) is 71.4 cm³/mol. The molecule has 1 fully saturated rings. The van der Waals surface area contributed by atoms with Gasteiger partial charge in [-0.1, -0.05) is 39.7 Å². The van der Waals surface area contributed by atoms with Gasteiger partial charge in [-0.05, 0) is 31.4 Å². The smallest absolute Gasteiger partial charge is 0.144 e. The average Bonchev–Trinajstić information content (AvgIpc) is 2.67. The topological polar surface area (TPSA) is 9.23 Å². The highest BCUT2D eigenvalue weighted by Crippen LogP contribution is 2.40. The lowest BCUT2D eigenvalue weighted by atomic mass is 9.78. The zero-order valence-electron chi connectivity index (χ0n) is 9.68. The predicted octanol–water partition coefficient (Wildman–Crippen LogP) is 4.21. The van der Waals surface area contributed by atoms with Crippen molar-refractivity contribution in [2.75, 3.05) is 11.9 Å². The molecule has 4 heteroatoms. The molecular formula is C13H15BrClFO. The first kappa shape index (κ1) is 13.3. The van der Waals surface area contributed by atoms with Gasteiger partial charge in [0.25, 0.3) is 0 Å². The summed E-state index contributed by atoms with van der Waals surface area (Å²) in [6.07, 6.45) is 1.75. The Hall–Kier alpha value is -0.120. The van der Waals surface area contributed by atoms with Crippen molar-refractivity contribution in [3.63, 3.8) is 0 Å². The first-order chi connectivity index (χ1) is 8.09. The van der Waals surface area contributed by atoms with Crippen molar-refractivity contribution in [3.05, 3.63) is 34.6 Å². The molecule has 2 unspecified atom stereocenters. The Labute approximate surface area is 114 Å². The van der Waals surface area contributed by atoms with Gasteiger partial charge in [-0.15, -0.1) is 0 Å². The molecule has 0 aliphatic carbocycles. The van der Waals surface area contributed by atoms with E-state index in [2.05, 4.69) is 22.9 Å². The molecule has 2 rings (SSSR count). The lowest BCUT2D eigenvalue weighted by Gasteiger charge is -2.30. The van der Waals surface area contributed by atoms with Crippen LogP contribution < -0.4 is 0 Å². The van der Waals surface area contributed by atoms with Gasteiger partial charge in [0.05, 0.1) is 11.1 Å². The van der Waals surface area contributed by atoms with Gasteiger partial charge < -0.3 is 4.74 Å². The molecule has 1 aliphatic rings. The molecule has 1 aromatic rings. The van der Waals surface area contributed by atoms with E-state index in [0.29, 0.717) is 12.0 Å². The van der Waals surface area contributed by atoms with Crippen molar-refractivity contribution in [1.82, 2.24) is 0 Å². The molecule has 1 heterocycles. The van der Waals surface area contributed by atoms with E-state index in [1.165, 1.54) is 0 Å². The van der Waals surface area contributed by atoms with Crippen LogP contribution in [0.2, 0.25) is 5.02 Å². The fourth-order valence-electron chi connectivity index (χ4n) is 2.34. The molecule has 1 aromatic carbocycles. The largest absolute Gasteiger partial charge is 0.378 e. The quantitative estimate of drug-likeness (QED) is 0.758. The minimum Gasteiger partial charge on any atom is -0.378 e. The highest BCUT2D eigenvalue weighted by Gasteiger charge is 2.41. The molecule has 1 aliphatic heterocycles. The van der Waals surface area contributed by atoms with Gasteiger partial charge in [0, 0.05) is 17.4 Å². The second kappa shape index (κ2) is 5.25. The SMILES string of the molecule is CC1OCCC1(CBr)Cc1cccc(Cl)c1F. The monoisotopic (exact) mass is 320 g/mol. The standard InChI is InChI=1S/C13H15BrClFO/c1-9-13(8-14,5-6-17-9)7-10-3-2-4-11(15)12(10)16/h2-4,9H,5-8H2,1H3. The minimum absolute atomic E-state index is 0.0223. The van der Waals surface area contributed by atoms with Crippen LogP contribution in [0.25, 0.3) is 0 Å². The van der Waals surface area contributed by atoms with Crippen LogP contribution in [-0.2, 0) is 11.2 Å². The van der Waals surface area contributed by atoms with Gasteiger partial charge in [-0.25, -0.2) is 4.39 Å². The molecule has 0 amide bonds.